The molecule has 218 valence electrons. The van der Waals surface area contributed by atoms with E-state index in [0.29, 0.717) is 33.8 Å². The third-order valence-electron chi connectivity index (χ3n) is 7.71. The molecule has 0 bridgehead atoms. The maximum Gasteiger partial charge on any atom is 0.346 e. The summed E-state index contributed by atoms with van der Waals surface area (Å²) in [7, 11) is 0. The Bertz CT molecular complexity index is 1730. The highest BCUT2D eigenvalue weighted by Crippen LogP contribution is 2.31. The maximum atomic E-state index is 14.1. The Morgan fingerprint density at radius 3 is 2.79 bits per heavy atom. The van der Waals surface area contributed by atoms with E-state index >= 15 is 0 Å². The van der Waals surface area contributed by atoms with Gasteiger partial charge in [-0.1, -0.05) is 23.7 Å². The number of rotatable bonds is 10. The molecule has 1 fully saturated rings. The molecule has 1 aliphatic heterocycles. The van der Waals surface area contributed by atoms with Gasteiger partial charge >= 0.3 is 5.97 Å². The summed E-state index contributed by atoms with van der Waals surface area (Å²) in [5, 5.41) is 9.87. The molecule has 0 aliphatic carbocycles. The predicted molar refractivity (Wildman–Crippen MR) is 160 cm³/mol. The van der Waals surface area contributed by atoms with Crippen molar-refractivity contribution in [2.24, 2.45) is 5.92 Å². The Hall–Kier alpha value is -3.96. The van der Waals surface area contributed by atoms with Crippen LogP contribution in [-0.2, 0) is 26.1 Å². The number of carboxylic acid groups (broad SMARTS) is 1. The smallest absolute Gasteiger partial charge is 0.346 e. The van der Waals surface area contributed by atoms with Gasteiger partial charge < -0.3 is 23.9 Å². The van der Waals surface area contributed by atoms with Crippen LogP contribution < -0.4 is 9.64 Å². The van der Waals surface area contributed by atoms with Crippen LogP contribution in [0.3, 0.4) is 0 Å². The molecule has 1 saturated heterocycles. The second-order valence-corrected chi connectivity index (χ2v) is 11.9. The van der Waals surface area contributed by atoms with Gasteiger partial charge in [0, 0.05) is 48.9 Å². The largest absolute Gasteiger partial charge is 0.477 e. The fourth-order valence-corrected chi connectivity index (χ4v) is 6.45. The van der Waals surface area contributed by atoms with Gasteiger partial charge in [-0.3, -0.25) is 0 Å². The van der Waals surface area contributed by atoms with E-state index in [4.69, 9.17) is 21.3 Å². The molecule has 9 nitrogen and oxygen atoms in total. The van der Waals surface area contributed by atoms with Crippen LogP contribution in [0.4, 0.5) is 10.2 Å². The van der Waals surface area contributed by atoms with Crippen LogP contribution in [0.25, 0.3) is 10.3 Å². The fraction of sp³-hybridized carbons (Fsp3) is 0.333. The number of imidazole rings is 2. The van der Waals surface area contributed by atoms with Gasteiger partial charge in [-0.2, -0.15) is 4.98 Å². The van der Waals surface area contributed by atoms with E-state index in [-0.39, 0.29) is 6.61 Å². The van der Waals surface area contributed by atoms with E-state index in [1.54, 1.807) is 24.3 Å². The zero-order valence-electron chi connectivity index (χ0n) is 23.0. The summed E-state index contributed by atoms with van der Waals surface area (Å²) < 4.78 is 24.2. The molecule has 0 amide bonds. The monoisotopic (exact) mass is 608 g/mol. The van der Waals surface area contributed by atoms with Crippen molar-refractivity contribution in [1.82, 2.24) is 24.1 Å². The van der Waals surface area contributed by atoms with Crippen LogP contribution in [0.5, 0.6) is 5.88 Å². The minimum Gasteiger partial charge on any atom is -0.477 e. The number of halogens is 2. The molecule has 0 atom stereocenters. The van der Waals surface area contributed by atoms with Gasteiger partial charge in [-0.05, 0) is 49.9 Å². The molecule has 1 aromatic carbocycles. The van der Waals surface area contributed by atoms with Crippen molar-refractivity contribution >= 4 is 45.1 Å². The zero-order chi connectivity index (χ0) is 29.2. The van der Waals surface area contributed by atoms with Crippen molar-refractivity contribution in [2.45, 2.75) is 45.9 Å². The van der Waals surface area contributed by atoms with Gasteiger partial charge in [0.05, 0.1) is 24.1 Å². The average molecular weight is 609 g/mol. The van der Waals surface area contributed by atoms with E-state index in [1.165, 1.54) is 17.4 Å². The number of pyridine rings is 1. The van der Waals surface area contributed by atoms with Gasteiger partial charge in [0.2, 0.25) is 5.88 Å². The number of nitrogens with zero attached hydrogens (tertiary/aromatic N) is 6. The second kappa shape index (κ2) is 12.1. The minimum atomic E-state index is -0.933. The highest BCUT2D eigenvalue weighted by atomic mass is 35.5. The Balaban J connectivity index is 1.12. The number of anilines is 1. The van der Waals surface area contributed by atoms with Gasteiger partial charge in [-0.25, -0.2) is 19.2 Å². The first-order chi connectivity index (χ1) is 20.4. The first-order valence-corrected chi connectivity index (χ1v) is 15.1. The number of aromatic carboxylic acids is 1. The number of hydrogen-bond donors (Lipinski definition) is 1. The third-order valence-corrected chi connectivity index (χ3v) is 8.95. The van der Waals surface area contributed by atoms with Crippen molar-refractivity contribution in [3.8, 4) is 5.88 Å². The Morgan fingerprint density at radius 1 is 1.19 bits per heavy atom. The van der Waals surface area contributed by atoms with Crippen molar-refractivity contribution in [3.63, 3.8) is 0 Å². The molecular formula is C30H30ClFN6O3S. The molecule has 1 N–H and O–H groups in total. The SMILES string of the molecule is CCn1cncc1Cn1c(CC2CCN(c3cccc(OCc4ccc(Cl)cc4F)n3)CC2)nc2sc(C(=O)O)cc21. The first-order valence-electron chi connectivity index (χ1n) is 13.9. The highest BCUT2D eigenvalue weighted by Gasteiger charge is 2.25. The number of piperidine rings is 1. The van der Waals surface area contributed by atoms with Gasteiger partial charge in [0.25, 0.3) is 0 Å². The van der Waals surface area contributed by atoms with E-state index in [2.05, 4.69) is 30.9 Å². The van der Waals surface area contributed by atoms with Crippen LogP contribution in [0, 0.1) is 11.7 Å². The molecule has 0 spiro atoms. The van der Waals surface area contributed by atoms with E-state index < -0.39 is 11.8 Å². The standard InChI is InChI=1S/C30H30ClFN6O3S/c1-2-36-18-33-15-22(36)16-38-24-14-25(30(39)40)42-29(24)35-27(38)12-19-8-10-37(11-9-19)26-4-3-5-28(34-26)41-17-20-6-7-21(31)13-23(20)32/h3-7,13-15,18-19H,2,8-12,16-17H2,1H3,(H,39,40). The van der Waals surface area contributed by atoms with Gasteiger partial charge in [0.15, 0.2) is 0 Å². The van der Waals surface area contributed by atoms with Crippen LogP contribution in [0.2, 0.25) is 5.02 Å². The number of carbonyl (C=O) groups is 1. The van der Waals surface area contributed by atoms with E-state index in [0.717, 1.165) is 66.6 Å². The van der Waals surface area contributed by atoms with Crippen LogP contribution >= 0.6 is 22.9 Å². The lowest BCUT2D eigenvalue weighted by atomic mass is 9.93. The van der Waals surface area contributed by atoms with Crippen molar-refractivity contribution in [3.05, 3.63) is 87.8 Å². The lowest BCUT2D eigenvalue weighted by Gasteiger charge is -2.33. The molecule has 0 saturated carbocycles. The predicted octanol–water partition coefficient (Wildman–Crippen LogP) is 6.29. The number of thiophene rings is 1. The van der Waals surface area contributed by atoms with Crippen molar-refractivity contribution in [2.75, 3.05) is 18.0 Å². The summed E-state index contributed by atoms with van der Waals surface area (Å²) in [5.41, 5.74) is 2.33. The molecule has 6 rings (SSSR count). The van der Waals surface area contributed by atoms with Crippen LogP contribution in [0.1, 0.15) is 46.5 Å². The molecule has 0 unspecified atom stereocenters. The minimum absolute atomic E-state index is 0.0681. The quantitative estimate of drug-likeness (QED) is 0.199. The van der Waals surface area contributed by atoms with Gasteiger partial charge in [-0.15, -0.1) is 11.3 Å². The van der Waals surface area contributed by atoms with E-state index in [9.17, 15) is 14.3 Å². The van der Waals surface area contributed by atoms with Crippen molar-refractivity contribution < 1.29 is 19.0 Å². The molecule has 1 aliphatic rings. The zero-order valence-corrected chi connectivity index (χ0v) is 24.6. The number of aryl methyl sites for hydroxylation is 1. The normalized spacial score (nSPS) is 14.1. The second-order valence-electron chi connectivity index (χ2n) is 10.4. The van der Waals surface area contributed by atoms with Gasteiger partial charge in [0.1, 0.15) is 33.8 Å². The van der Waals surface area contributed by atoms with Crippen molar-refractivity contribution in [1.29, 1.82) is 0 Å². The molecule has 5 heterocycles. The lowest BCUT2D eigenvalue weighted by Crippen LogP contribution is -2.35. The Morgan fingerprint density at radius 2 is 2.02 bits per heavy atom. The highest BCUT2D eigenvalue weighted by molar-refractivity contribution is 7.20. The number of carboxylic acids is 1. The molecule has 0 radical (unpaired) electrons. The number of hydrogen-bond acceptors (Lipinski definition) is 7. The van der Waals surface area contributed by atoms with Crippen LogP contribution in [0.15, 0.2) is 55.0 Å². The summed E-state index contributed by atoms with van der Waals surface area (Å²) >= 11 is 7.07. The summed E-state index contributed by atoms with van der Waals surface area (Å²) in [6.07, 6.45) is 6.42. The summed E-state index contributed by atoms with van der Waals surface area (Å²) in [4.78, 5) is 28.8. The number of ether oxygens (including phenoxy) is 1. The molecule has 4 aromatic heterocycles. The molecule has 12 heteroatoms. The average Bonchev–Trinajstić information content (AvgIpc) is 3.69. The summed E-state index contributed by atoms with van der Waals surface area (Å²) in [5.74, 6) is 1.34. The number of aromatic nitrogens is 5. The molecule has 5 aromatic rings. The number of fused-ring (bicyclic) bond motifs is 1. The molecule has 42 heavy (non-hydrogen) atoms. The maximum absolute atomic E-state index is 14.1. The van der Waals surface area contributed by atoms with E-state index in [1.807, 2.05) is 24.7 Å². The summed E-state index contributed by atoms with van der Waals surface area (Å²) in [6.45, 7) is 5.22. The molecular weight excluding hydrogens is 579 g/mol. The fourth-order valence-electron chi connectivity index (χ4n) is 5.40. The number of benzene rings is 1. The topological polar surface area (TPSA) is 98.3 Å². The Labute approximate surface area is 251 Å². The lowest BCUT2D eigenvalue weighted by molar-refractivity contribution is 0.0702. The summed E-state index contributed by atoms with van der Waals surface area (Å²) in [6, 6.07) is 11.9. The van der Waals surface area contributed by atoms with Crippen LogP contribution in [-0.4, -0.2) is 48.3 Å². The Kier molecular flexibility index (Phi) is 8.12. The first kappa shape index (κ1) is 28.2. The third kappa shape index (κ3) is 5.98.